The smallest absolute Gasteiger partial charge is 0.305 e. The summed E-state index contributed by atoms with van der Waals surface area (Å²) in [5, 5.41) is 0. The lowest BCUT2D eigenvalue weighted by molar-refractivity contribution is 0.0831. The zero-order valence-electron chi connectivity index (χ0n) is 16.0. The molecule has 7 nitrogen and oxygen atoms in total. The molecule has 0 spiro atoms. The minimum Gasteiger partial charge on any atom is -0.454 e. The van der Waals surface area contributed by atoms with Crippen LogP contribution in [0, 0.1) is 5.82 Å². The number of thiophene rings is 1. The number of halogens is 1. The molecule has 0 saturated carbocycles. The molecule has 0 saturated heterocycles. The van der Waals surface area contributed by atoms with Gasteiger partial charge in [0.2, 0.25) is 0 Å². The van der Waals surface area contributed by atoms with Crippen LogP contribution in [-0.2, 0) is 6.54 Å². The molecule has 0 atom stereocenters. The highest BCUT2D eigenvalue weighted by atomic mass is 32.1. The average molecular weight is 437 g/mol. The van der Waals surface area contributed by atoms with Gasteiger partial charge in [-0.3, -0.25) is 25.2 Å². The molecule has 0 aliphatic rings. The standard InChI is InChI=1S/C22H16FN3O4S/c23-15-6-4-14(5-7-15)18-10-11-19(31-18)22(29)25-24-21(28)17-9-8-16(30-17)13-26-12-2-1-3-20(26)27/h1-12H,13H2,(H,24,28)(H,25,29). The van der Waals surface area contributed by atoms with Crippen molar-refractivity contribution in [3.05, 3.63) is 105 Å². The lowest BCUT2D eigenvalue weighted by Crippen LogP contribution is -2.41. The van der Waals surface area contributed by atoms with Crippen LogP contribution in [0.1, 0.15) is 26.0 Å². The third kappa shape index (κ3) is 4.78. The monoisotopic (exact) mass is 437 g/mol. The Kier molecular flexibility index (Phi) is 5.76. The van der Waals surface area contributed by atoms with Gasteiger partial charge >= 0.3 is 5.91 Å². The Hall–Kier alpha value is -3.98. The van der Waals surface area contributed by atoms with Crippen LogP contribution in [0.4, 0.5) is 4.39 Å². The van der Waals surface area contributed by atoms with Gasteiger partial charge in [-0.1, -0.05) is 18.2 Å². The van der Waals surface area contributed by atoms with Gasteiger partial charge in [-0.2, -0.15) is 0 Å². The fraction of sp³-hybridized carbons (Fsp3) is 0.0455. The number of hydrogen-bond donors (Lipinski definition) is 2. The van der Waals surface area contributed by atoms with Gasteiger partial charge in [-0.25, -0.2) is 4.39 Å². The number of benzene rings is 1. The lowest BCUT2D eigenvalue weighted by atomic mass is 10.2. The van der Waals surface area contributed by atoms with Crippen molar-refractivity contribution < 1.29 is 18.4 Å². The number of aromatic nitrogens is 1. The summed E-state index contributed by atoms with van der Waals surface area (Å²) < 4.78 is 20.0. The average Bonchev–Trinajstić information content (AvgIpc) is 3.44. The van der Waals surface area contributed by atoms with E-state index in [0.29, 0.717) is 10.6 Å². The predicted octanol–water partition coefficient (Wildman–Crippen LogP) is 3.43. The molecule has 3 aromatic heterocycles. The molecule has 31 heavy (non-hydrogen) atoms. The molecule has 3 heterocycles. The van der Waals surface area contributed by atoms with Crippen molar-refractivity contribution in [1.29, 1.82) is 0 Å². The van der Waals surface area contributed by atoms with E-state index in [9.17, 15) is 18.8 Å². The highest BCUT2D eigenvalue weighted by Crippen LogP contribution is 2.28. The number of carbonyl (C=O) groups excluding carboxylic acids is 2. The first-order valence-electron chi connectivity index (χ1n) is 9.20. The van der Waals surface area contributed by atoms with Gasteiger partial charge in [0.05, 0.1) is 11.4 Å². The topological polar surface area (TPSA) is 93.3 Å². The van der Waals surface area contributed by atoms with Crippen molar-refractivity contribution in [2.45, 2.75) is 6.54 Å². The second kappa shape index (κ2) is 8.80. The number of pyridine rings is 1. The van der Waals surface area contributed by atoms with E-state index in [1.807, 2.05) is 0 Å². The number of hydrazine groups is 1. The lowest BCUT2D eigenvalue weighted by Gasteiger charge is -2.05. The highest BCUT2D eigenvalue weighted by molar-refractivity contribution is 7.17. The molecule has 0 aliphatic carbocycles. The van der Waals surface area contributed by atoms with Crippen LogP contribution in [0.25, 0.3) is 10.4 Å². The van der Waals surface area contributed by atoms with Crippen molar-refractivity contribution in [3.63, 3.8) is 0 Å². The van der Waals surface area contributed by atoms with Crippen LogP contribution in [0.15, 0.2) is 82.1 Å². The summed E-state index contributed by atoms with van der Waals surface area (Å²) in [5.74, 6) is -1.04. The summed E-state index contributed by atoms with van der Waals surface area (Å²) in [4.78, 5) is 37.5. The molecule has 4 rings (SSSR count). The van der Waals surface area contributed by atoms with Crippen LogP contribution in [0.5, 0.6) is 0 Å². The first-order chi connectivity index (χ1) is 15.0. The molecule has 0 bridgehead atoms. The van der Waals surface area contributed by atoms with E-state index in [-0.39, 0.29) is 23.7 Å². The van der Waals surface area contributed by atoms with Crippen molar-refractivity contribution in [2.75, 3.05) is 0 Å². The Labute approximate surface area is 179 Å². The fourth-order valence-electron chi connectivity index (χ4n) is 2.81. The summed E-state index contributed by atoms with van der Waals surface area (Å²) in [6.07, 6.45) is 1.62. The quantitative estimate of drug-likeness (QED) is 0.468. The van der Waals surface area contributed by atoms with E-state index in [2.05, 4.69) is 10.9 Å². The zero-order valence-corrected chi connectivity index (χ0v) is 16.8. The molecule has 9 heteroatoms. The number of nitrogens with zero attached hydrogens (tertiary/aromatic N) is 1. The molecular formula is C22H16FN3O4S. The Morgan fingerprint density at radius 2 is 1.71 bits per heavy atom. The largest absolute Gasteiger partial charge is 0.454 e. The van der Waals surface area contributed by atoms with E-state index in [4.69, 9.17) is 4.42 Å². The number of furan rings is 1. The van der Waals surface area contributed by atoms with E-state index in [1.54, 1.807) is 48.7 Å². The summed E-state index contributed by atoms with van der Waals surface area (Å²) in [7, 11) is 0. The second-order valence-corrected chi connectivity index (χ2v) is 7.60. The van der Waals surface area contributed by atoms with E-state index < -0.39 is 11.8 Å². The minimum atomic E-state index is -0.629. The Morgan fingerprint density at radius 1 is 0.935 bits per heavy atom. The minimum absolute atomic E-state index is 0.00235. The van der Waals surface area contributed by atoms with E-state index >= 15 is 0 Å². The summed E-state index contributed by atoms with van der Waals surface area (Å²) in [6.45, 7) is 0.181. The summed E-state index contributed by atoms with van der Waals surface area (Å²) in [6, 6.07) is 17.2. The number of hydrogen-bond acceptors (Lipinski definition) is 5. The number of carbonyl (C=O) groups is 2. The van der Waals surface area contributed by atoms with Crippen molar-refractivity contribution in [1.82, 2.24) is 15.4 Å². The number of rotatable bonds is 5. The maximum absolute atomic E-state index is 13.1. The van der Waals surface area contributed by atoms with Gasteiger partial charge < -0.3 is 8.98 Å². The number of nitrogens with one attached hydrogen (secondary N) is 2. The maximum atomic E-state index is 13.1. The van der Waals surface area contributed by atoms with Crippen molar-refractivity contribution >= 4 is 23.2 Å². The summed E-state index contributed by atoms with van der Waals surface area (Å²) in [5.41, 5.74) is 5.23. The number of amides is 2. The van der Waals surface area contributed by atoms with Crippen LogP contribution < -0.4 is 16.4 Å². The van der Waals surface area contributed by atoms with Crippen molar-refractivity contribution in [3.8, 4) is 10.4 Å². The highest BCUT2D eigenvalue weighted by Gasteiger charge is 2.15. The molecule has 0 fully saturated rings. The molecule has 1 aromatic carbocycles. The third-order valence-electron chi connectivity index (χ3n) is 4.36. The first kappa shape index (κ1) is 20.3. The molecule has 2 N–H and O–H groups in total. The van der Waals surface area contributed by atoms with Crippen molar-refractivity contribution in [2.24, 2.45) is 0 Å². The van der Waals surface area contributed by atoms with Crippen LogP contribution in [0.2, 0.25) is 0 Å². The first-order valence-corrected chi connectivity index (χ1v) is 10.0. The normalized spacial score (nSPS) is 10.6. The van der Waals surface area contributed by atoms with Crippen LogP contribution in [0.3, 0.4) is 0 Å². The molecular weight excluding hydrogens is 421 g/mol. The Morgan fingerprint density at radius 3 is 2.48 bits per heavy atom. The maximum Gasteiger partial charge on any atom is 0.305 e. The molecule has 0 aliphatic heterocycles. The van der Waals surface area contributed by atoms with Gasteiger partial charge in [0, 0.05) is 17.1 Å². The third-order valence-corrected chi connectivity index (χ3v) is 5.49. The van der Waals surface area contributed by atoms with Gasteiger partial charge in [0.25, 0.3) is 11.5 Å². The molecule has 0 radical (unpaired) electrons. The Bertz CT molecular complexity index is 1290. The van der Waals surface area contributed by atoms with Gasteiger partial charge in [0.15, 0.2) is 5.76 Å². The second-order valence-electron chi connectivity index (χ2n) is 6.51. The fourth-order valence-corrected chi connectivity index (χ4v) is 3.72. The SMILES string of the molecule is O=C(NNC(=O)c1ccc(-c2ccc(F)cc2)s1)c1ccc(Cn2ccccc2=O)o1. The molecule has 4 aromatic rings. The van der Waals surface area contributed by atoms with Crippen LogP contribution in [-0.4, -0.2) is 16.4 Å². The van der Waals surface area contributed by atoms with Gasteiger partial charge in [0.1, 0.15) is 11.6 Å². The van der Waals surface area contributed by atoms with Crippen LogP contribution >= 0.6 is 11.3 Å². The molecule has 0 unspecified atom stereocenters. The molecule has 2 amide bonds. The van der Waals surface area contributed by atoms with E-state index in [0.717, 1.165) is 10.4 Å². The van der Waals surface area contributed by atoms with E-state index in [1.165, 1.54) is 40.2 Å². The van der Waals surface area contributed by atoms with Gasteiger partial charge in [-0.15, -0.1) is 11.3 Å². The van der Waals surface area contributed by atoms with Gasteiger partial charge in [-0.05, 0) is 48.0 Å². The zero-order chi connectivity index (χ0) is 21.8. The molecule has 156 valence electrons. The predicted molar refractivity (Wildman–Crippen MR) is 113 cm³/mol. The summed E-state index contributed by atoms with van der Waals surface area (Å²) >= 11 is 1.21. The Balaban J connectivity index is 1.35.